The lowest BCUT2D eigenvalue weighted by Crippen LogP contribution is -2.15. The maximum absolute atomic E-state index is 12.8. The molecule has 0 radical (unpaired) electrons. The molecule has 0 spiro atoms. The van der Waals surface area contributed by atoms with E-state index in [2.05, 4.69) is 22.7 Å². The van der Waals surface area contributed by atoms with Gasteiger partial charge in [-0.2, -0.15) is 5.10 Å². The van der Waals surface area contributed by atoms with Gasteiger partial charge in [0, 0.05) is 18.3 Å². The number of nitrogens with zero attached hydrogens (tertiary/aromatic N) is 2. The number of amides is 2. The number of carbonyl (C=O) groups excluding carboxylic acids is 2. The first-order chi connectivity index (χ1) is 13.6. The molecular formula is C22H24N4O2. The van der Waals surface area contributed by atoms with Crippen LogP contribution in [0.3, 0.4) is 0 Å². The minimum Gasteiger partial charge on any atom is -0.326 e. The number of aromatic nitrogens is 2. The molecule has 0 saturated heterocycles. The molecule has 144 valence electrons. The number of benzene rings is 2. The highest BCUT2D eigenvalue weighted by molar-refractivity contribution is 6.05. The Morgan fingerprint density at radius 2 is 1.61 bits per heavy atom. The zero-order valence-electron chi connectivity index (χ0n) is 16.1. The van der Waals surface area contributed by atoms with Crippen LogP contribution >= 0.6 is 0 Å². The molecule has 2 aromatic carbocycles. The number of nitrogens with one attached hydrogen (secondary N) is 2. The first-order valence-corrected chi connectivity index (χ1v) is 9.34. The molecule has 3 aromatic rings. The summed E-state index contributed by atoms with van der Waals surface area (Å²) in [6.45, 7) is 4.18. The van der Waals surface area contributed by atoms with Gasteiger partial charge in [-0.15, -0.1) is 0 Å². The average Bonchev–Trinajstić information content (AvgIpc) is 3.07. The molecule has 1 aromatic heterocycles. The zero-order chi connectivity index (χ0) is 19.9. The SMILES string of the molecule is CCCc1c(C(=O)Nc2ccc(NC(C)=O)cc2)cnn1Cc1ccccc1. The smallest absolute Gasteiger partial charge is 0.259 e. The molecule has 6 nitrogen and oxygen atoms in total. The summed E-state index contributed by atoms with van der Waals surface area (Å²) in [5, 5.41) is 10.1. The van der Waals surface area contributed by atoms with E-state index in [-0.39, 0.29) is 11.8 Å². The molecule has 1 heterocycles. The number of hydrogen-bond acceptors (Lipinski definition) is 3. The van der Waals surface area contributed by atoms with Gasteiger partial charge in [-0.1, -0.05) is 43.7 Å². The summed E-state index contributed by atoms with van der Waals surface area (Å²) in [5.41, 5.74) is 4.01. The second kappa shape index (κ2) is 8.99. The Balaban J connectivity index is 1.76. The minimum absolute atomic E-state index is 0.133. The van der Waals surface area contributed by atoms with E-state index in [0.29, 0.717) is 23.5 Å². The topological polar surface area (TPSA) is 76.0 Å². The third-order valence-corrected chi connectivity index (χ3v) is 4.32. The van der Waals surface area contributed by atoms with Gasteiger partial charge in [0.15, 0.2) is 0 Å². The van der Waals surface area contributed by atoms with E-state index < -0.39 is 0 Å². The highest BCUT2D eigenvalue weighted by Crippen LogP contribution is 2.18. The Hall–Kier alpha value is -3.41. The molecule has 0 aliphatic heterocycles. The van der Waals surface area contributed by atoms with Crippen LogP contribution in [0.15, 0.2) is 60.8 Å². The molecule has 0 unspecified atom stereocenters. The molecule has 2 amide bonds. The van der Waals surface area contributed by atoms with Crippen LogP contribution in [0, 0.1) is 0 Å². The molecule has 28 heavy (non-hydrogen) atoms. The number of rotatable bonds is 7. The summed E-state index contributed by atoms with van der Waals surface area (Å²) in [4.78, 5) is 23.9. The van der Waals surface area contributed by atoms with Gasteiger partial charge in [0.2, 0.25) is 5.91 Å². The van der Waals surface area contributed by atoms with Crippen molar-refractivity contribution in [2.45, 2.75) is 33.2 Å². The first kappa shape index (κ1) is 19.4. The molecule has 0 saturated carbocycles. The zero-order valence-corrected chi connectivity index (χ0v) is 16.1. The second-order valence-corrected chi connectivity index (χ2v) is 6.61. The monoisotopic (exact) mass is 376 g/mol. The highest BCUT2D eigenvalue weighted by Gasteiger charge is 2.17. The van der Waals surface area contributed by atoms with Gasteiger partial charge in [0.1, 0.15) is 0 Å². The van der Waals surface area contributed by atoms with Crippen molar-refractivity contribution in [2.75, 3.05) is 10.6 Å². The van der Waals surface area contributed by atoms with Gasteiger partial charge in [0.05, 0.1) is 24.0 Å². The van der Waals surface area contributed by atoms with Crippen molar-refractivity contribution >= 4 is 23.2 Å². The van der Waals surface area contributed by atoms with Gasteiger partial charge in [-0.05, 0) is 36.2 Å². The lowest BCUT2D eigenvalue weighted by Gasteiger charge is -2.10. The van der Waals surface area contributed by atoms with E-state index in [4.69, 9.17) is 0 Å². The molecule has 0 bridgehead atoms. The van der Waals surface area contributed by atoms with E-state index in [1.54, 1.807) is 30.5 Å². The van der Waals surface area contributed by atoms with Crippen molar-refractivity contribution in [3.63, 3.8) is 0 Å². The van der Waals surface area contributed by atoms with E-state index in [0.717, 1.165) is 24.1 Å². The third-order valence-electron chi connectivity index (χ3n) is 4.32. The van der Waals surface area contributed by atoms with Crippen molar-refractivity contribution in [2.24, 2.45) is 0 Å². The van der Waals surface area contributed by atoms with Crippen LogP contribution in [0.4, 0.5) is 11.4 Å². The third kappa shape index (κ3) is 4.85. The highest BCUT2D eigenvalue weighted by atomic mass is 16.2. The maximum Gasteiger partial charge on any atom is 0.259 e. The maximum atomic E-state index is 12.8. The van der Waals surface area contributed by atoms with Crippen molar-refractivity contribution in [1.29, 1.82) is 0 Å². The molecular weight excluding hydrogens is 352 g/mol. The lowest BCUT2D eigenvalue weighted by atomic mass is 10.1. The second-order valence-electron chi connectivity index (χ2n) is 6.61. The lowest BCUT2D eigenvalue weighted by molar-refractivity contribution is -0.114. The number of anilines is 2. The summed E-state index contributed by atoms with van der Waals surface area (Å²) >= 11 is 0. The quantitative estimate of drug-likeness (QED) is 0.652. The molecule has 2 N–H and O–H groups in total. The van der Waals surface area contributed by atoms with Crippen LogP contribution in [0.1, 0.15) is 41.9 Å². The van der Waals surface area contributed by atoms with E-state index in [9.17, 15) is 9.59 Å². The summed E-state index contributed by atoms with van der Waals surface area (Å²) < 4.78 is 1.90. The standard InChI is InChI=1S/C22H24N4O2/c1-3-7-21-20(14-23-26(21)15-17-8-5-4-6-9-17)22(28)25-19-12-10-18(11-13-19)24-16(2)27/h4-6,8-14H,3,7,15H2,1-2H3,(H,24,27)(H,25,28). The largest absolute Gasteiger partial charge is 0.326 e. The normalized spacial score (nSPS) is 10.5. The summed E-state index contributed by atoms with van der Waals surface area (Å²) in [5.74, 6) is -0.318. The summed E-state index contributed by atoms with van der Waals surface area (Å²) in [6.07, 6.45) is 3.33. The Kier molecular flexibility index (Phi) is 6.22. The van der Waals surface area contributed by atoms with Gasteiger partial charge in [-0.25, -0.2) is 0 Å². The average molecular weight is 376 g/mol. The van der Waals surface area contributed by atoms with Crippen LogP contribution < -0.4 is 10.6 Å². The molecule has 0 atom stereocenters. The van der Waals surface area contributed by atoms with Crippen LogP contribution in [0.5, 0.6) is 0 Å². The van der Waals surface area contributed by atoms with Crippen molar-refractivity contribution < 1.29 is 9.59 Å². The van der Waals surface area contributed by atoms with Crippen molar-refractivity contribution in [3.05, 3.63) is 77.6 Å². The van der Waals surface area contributed by atoms with E-state index in [1.165, 1.54) is 6.92 Å². The van der Waals surface area contributed by atoms with Crippen molar-refractivity contribution in [1.82, 2.24) is 9.78 Å². The van der Waals surface area contributed by atoms with Gasteiger partial charge < -0.3 is 10.6 Å². The first-order valence-electron chi connectivity index (χ1n) is 9.34. The summed E-state index contributed by atoms with van der Waals surface area (Å²) in [7, 11) is 0. The molecule has 0 aliphatic rings. The van der Waals surface area contributed by atoms with Gasteiger partial charge in [0.25, 0.3) is 5.91 Å². The molecule has 0 fully saturated rings. The Morgan fingerprint density at radius 3 is 2.21 bits per heavy atom. The fraction of sp³-hybridized carbons (Fsp3) is 0.227. The predicted octanol–water partition coefficient (Wildman–Crippen LogP) is 4.09. The van der Waals surface area contributed by atoms with E-state index in [1.807, 2.05) is 35.0 Å². The fourth-order valence-corrected chi connectivity index (χ4v) is 3.03. The van der Waals surface area contributed by atoms with Crippen LogP contribution in [-0.4, -0.2) is 21.6 Å². The fourth-order valence-electron chi connectivity index (χ4n) is 3.03. The van der Waals surface area contributed by atoms with Crippen LogP contribution in [0.25, 0.3) is 0 Å². The van der Waals surface area contributed by atoms with Crippen LogP contribution in [0.2, 0.25) is 0 Å². The molecule has 0 aliphatic carbocycles. The number of hydrogen-bond donors (Lipinski definition) is 2. The Bertz CT molecular complexity index is 946. The summed E-state index contributed by atoms with van der Waals surface area (Å²) in [6, 6.07) is 17.1. The predicted molar refractivity (Wildman–Crippen MR) is 110 cm³/mol. The van der Waals surface area contributed by atoms with Crippen LogP contribution in [-0.2, 0) is 17.8 Å². The Labute approximate surface area is 164 Å². The van der Waals surface area contributed by atoms with E-state index >= 15 is 0 Å². The molecule has 6 heteroatoms. The Morgan fingerprint density at radius 1 is 0.964 bits per heavy atom. The number of carbonyl (C=O) groups is 2. The molecule has 3 rings (SSSR count). The van der Waals surface area contributed by atoms with Gasteiger partial charge >= 0.3 is 0 Å². The minimum atomic E-state index is -0.185. The van der Waals surface area contributed by atoms with Gasteiger partial charge in [-0.3, -0.25) is 14.3 Å². The van der Waals surface area contributed by atoms with Crippen molar-refractivity contribution in [3.8, 4) is 0 Å².